The van der Waals surface area contributed by atoms with E-state index in [4.69, 9.17) is 21.1 Å². The number of ether oxygens (including phenoxy) is 2. The van der Waals surface area contributed by atoms with E-state index < -0.39 is 11.8 Å². The van der Waals surface area contributed by atoms with Crippen LogP contribution in [0.2, 0.25) is 5.15 Å². The molecule has 1 amide bonds. The second-order valence-corrected chi connectivity index (χ2v) is 6.66. The Morgan fingerprint density at radius 2 is 2.07 bits per heavy atom. The maximum Gasteiger partial charge on any atom is 0.242 e. The lowest BCUT2D eigenvalue weighted by atomic mass is 9.99. The lowest BCUT2D eigenvalue weighted by Crippen LogP contribution is -2.24. The molecule has 7 heteroatoms. The molecular weight excluding hydrogens is 390 g/mol. The normalized spacial score (nSPS) is 11.5. The van der Waals surface area contributed by atoms with Gasteiger partial charge in [-0.05, 0) is 48.9 Å². The molecule has 1 N–H and O–H groups in total. The molecule has 0 saturated heterocycles. The number of pyridine rings is 1. The minimum absolute atomic E-state index is 0.137. The van der Waals surface area contributed by atoms with Gasteiger partial charge in [-0.1, -0.05) is 23.7 Å². The Morgan fingerprint density at radius 3 is 2.79 bits per heavy atom. The van der Waals surface area contributed by atoms with Gasteiger partial charge in [-0.2, -0.15) is 5.26 Å². The highest BCUT2D eigenvalue weighted by atomic mass is 35.5. The molecule has 0 spiro atoms. The summed E-state index contributed by atoms with van der Waals surface area (Å²) in [6, 6.07) is 16.4. The van der Waals surface area contributed by atoms with E-state index >= 15 is 0 Å². The van der Waals surface area contributed by atoms with Gasteiger partial charge >= 0.3 is 0 Å². The summed E-state index contributed by atoms with van der Waals surface area (Å²) in [5, 5.41) is 13.4. The van der Waals surface area contributed by atoms with Crippen LogP contribution in [-0.2, 0) is 11.2 Å². The number of nitriles is 1. The predicted molar refractivity (Wildman–Crippen MR) is 112 cm³/mol. The van der Waals surface area contributed by atoms with Gasteiger partial charge in [0.25, 0.3) is 0 Å². The third-order valence-electron chi connectivity index (χ3n) is 4.38. The van der Waals surface area contributed by atoms with E-state index in [2.05, 4.69) is 16.4 Å². The summed E-state index contributed by atoms with van der Waals surface area (Å²) < 4.78 is 10.8. The number of para-hydroxylation sites is 2. The summed E-state index contributed by atoms with van der Waals surface area (Å²) in [6.45, 7) is 2.46. The van der Waals surface area contributed by atoms with E-state index in [9.17, 15) is 10.1 Å². The molecule has 29 heavy (non-hydrogen) atoms. The molecule has 6 nitrogen and oxygen atoms in total. The van der Waals surface area contributed by atoms with E-state index in [1.54, 1.807) is 24.3 Å². The van der Waals surface area contributed by atoms with E-state index in [1.165, 1.54) is 7.11 Å². The Hall–Kier alpha value is -3.30. The quantitative estimate of drug-likeness (QED) is 0.576. The number of fused-ring (bicyclic) bond motifs is 1. The van der Waals surface area contributed by atoms with Crippen LogP contribution in [0.25, 0.3) is 10.9 Å². The van der Waals surface area contributed by atoms with Crippen LogP contribution in [-0.4, -0.2) is 24.6 Å². The molecule has 0 bridgehead atoms. The Kier molecular flexibility index (Phi) is 6.53. The number of methoxy groups -OCH3 is 1. The smallest absolute Gasteiger partial charge is 0.242 e. The molecule has 0 aliphatic heterocycles. The first-order chi connectivity index (χ1) is 14.0. The van der Waals surface area contributed by atoms with Crippen molar-refractivity contribution in [2.45, 2.75) is 13.3 Å². The molecule has 148 valence electrons. The third-order valence-corrected chi connectivity index (χ3v) is 4.71. The first-order valence-electron chi connectivity index (χ1n) is 9.11. The van der Waals surface area contributed by atoms with Crippen molar-refractivity contribution in [1.29, 1.82) is 5.26 Å². The topological polar surface area (TPSA) is 84.2 Å². The zero-order valence-corrected chi connectivity index (χ0v) is 16.9. The van der Waals surface area contributed by atoms with Crippen molar-refractivity contribution in [2.24, 2.45) is 5.92 Å². The third kappa shape index (κ3) is 4.76. The maximum absolute atomic E-state index is 12.7. The molecule has 1 atom stereocenters. The Labute approximate surface area is 174 Å². The molecule has 3 rings (SSSR count). The highest BCUT2D eigenvalue weighted by molar-refractivity contribution is 6.30. The molecule has 1 heterocycles. The number of carbonyl (C=O) groups is 1. The number of nitrogens with one attached hydrogen (secondary N) is 1. The number of hydrogen-bond acceptors (Lipinski definition) is 5. The van der Waals surface area contributed by atoms with Gasteiger partial charge in [0.15, 0.2) is 0 Å². The van der Waals surface area contributed by atoms with Crippen LogP contribution < -0.4 is 14.8 Å². The van der Waals surface area contributed by atoms with Gasteiger partial charge < -0.3 is 14.8 Å². The number of nitrogens with zero attached hydrogens (tertiary/aromatic N) is 2. The molecule has 0 aliphatic rings. The summed E-state index contributed by atoms with van der Waals surface area (Å²) in [7, 11) is 1.52. The van der Waals surface area contributed by atoms with Crippen molar-refractivity contribution >= 4 is 34.1 Å². The second-order valence-electron chi connectivity index (χ2n) is 6.30. The zero-order valence-electron chi connectivity index (χ0n) is 16.1. The molecule has 3 aromatic rings. The summed E-state index contributed by atoms with van der Waals surface area (Å²) in [4.78, 5) is 17.0. The van der Waals surface area contributed by atoms with E-state index in [1.807, 2.05) is 31.2 Å². The van der Waals surface area contributed by atoms with E-state index in [0.29, 0.717) is 29.1 Å². The first-order valence-corrected chi connectivity index (χ1v) is 9.49. The molecule has 1 aromatic heterocycles. The fourth-order valence-electron chi connectivity index (χ4n) is 2.96. The Balaban J connectivity index is 1.84. The van der Waals surface area contributed by atoms with Crippen LogP contribution >= 0.6 is 11.6 Å². The van der Waals surface area contributed by atoms with Crippen molar-refractivity contribution in [3.63, 3.8) is 0 Å². The summed E-state index contributed by atoms with van der Waals surface area (Å²) >= 11 is 6.31. The molecule has 0 saturated carbocycles. The van der Waals surface area contributed by atoms with Crippen LogP contribution in [0.5, 0.6) is 11.5 Å². The Bertz CT molecular complexity index is 1080. The van der Waals surface area contributed by atoms with Crippen molar-refractivity contribution in [1.82, 2.24) is 4.98 Å². The molecule has 1 unspecified atom stereocenters. The van der Waals surface area contributed by atoms with E-state index in [-0.39, 0.29) is 11.6 Å². The van der Waals surface area contributed by atoms with Crippen LogP contribution in [0.1, 0.15) is 12.5 Å². The van der Waals surface area contributed by atoms with Gasteiger partial charge in [-0.3, -0.25) is 4.79 Å². The van der Waals surface area contributed by atoms with Crippen LogP contribution in [0.15, 0.2) is 48.5 Å². The molecular formula is C22H20ClN3O3. The SMILES string of the molecule is CCOc1ccc2nc(Cl)c(CC(C#N)C(=O)Nc3ccccc3OC)cc2c1. The number of amides is 1. The van der Waals surface area contributed by atoms with Crippen molar-refractivity contribution in [2.75, 3.05) is 19.0 Å². The summed E-state index contributed by atoms with van der Waals surface area (Å²) in [5.74, 6) is -0.129. The minimum Gasteiger partial charge on any atom is -0.495 e. The van der Waals surface area contributed by atoms with Crippen molar-refractivity contribution < 1.29 is 14.3 Å². The molecule has 0 fully saturated rings. The predicted octanol–water partition coefficient (Wildman–Crippen LogP) is 4.62. The van der Waals surface area contributed by atoms with Gasteiger partial charge in [0.1, 0.15) is 22.6 Å². The lowest BCUT2D eigenvalue weighted by Gasteiger charge is -2.14. The second kappa shape index (κ2) is 9.26. The maximum atomic E-state index is 12.7. The van der Waals surface area contributed by atoms with E-state index in [0.717, 1.165) is 11.1 Å². The summed E-state index contributed by atoms with van der Waals surface area (Å²) in [6.07, 6.45) is 0.137. The van der Waals surface area contributed by atoms with Crippen LogP contribution in [0.4, 0.5) is 5.69 Å². The largest absolute Gasteiger partial charge is 0.495 e. The average Bonchev–Trinajstić information content (AvgIpc) is 2.73. The minimum atomic E-state index is -0.938. The highest BCUT2D eigenvalue weighted by Crippen LogP contribution is 2.27. The van der Waals surface area contributed by atoms with Gasteiger partial charge in [-0.25, -0.2) is 4.98 Å². The Morgan fingerprint density at radius 1 is 1.28 bits per heavy atom. The zero-order chi connectivity index (χ0) is 20.8. The number of carbonyl (C=O) groups excluding carboxylic acids is 1. The number of benzene rings is 2. The number of halogens is 1. The van der Waals surface area contributed by atoms with Crippen molar-refractivity contribution in [3.8, 4) is 17.6 Å². The van der Waals surface area contributed by atoms with Crippen molar-refractivity contribution in [3.05, 3.63) is 59.2 Å². The van der Waals surface area contributed by atoms with Gasteiger partial charge in [0.05, 0.1) is 31.0 Å². The average molecular weight is 410 g/mol. The van der Waals surface area contributed by atoms with Gasteiger partial charge in [0, 0.05) is 11.8 Å². The standard InChI is InChI=1S/C22H20ClN3O3/c1-3-29-17-8-9-18-14(12-17)10-15(21(23)25-18)11-16(13-24)22(27)26-19-6-4-5-7-20(19)28-2/h4-10,12,16H,3,11H2,1-2H3,(H,26,27). The lowest BCUT2D eigenvalue weighted by molar-refractivity contribution is -0.118. The number of hydrogen-bond donors (Lipinski definition) is 1. The molecule has 0 radical (unpaired) electrons. The number of anilines is 1. The highest BCUT2D eigenvalue weighted by Gasteiger charge is 2.22. The fourth-order valence-corrected chi connectivity index (χ4v) is 3.18. The van der Waals surface area contributed by atoms with Gasteiger partial charge in [0.2, 0.25) is 5.91 Å². The van der Waals surface area contributed by atoms with Crippen LogP contribution in [0.3, 0.4) is 0 Å². The van der Waals surface area contributed by atoms with Crippen LogP contribution in [0, 0.1) is 17.2 Å². The monoisotopic (exact) mass is 409 g/mol. The van der Waals surface area contributed by atoms with Gasteiger partial charge in [-0.15, -0.1) is 0 Å². The summed E-state index contributed by atoms with van der Waals surface area (Å²) in [5.41, 5.74) is 1.84. The fraction of sp³-hybridized carbons (Fsp3) is 0.227. The first kappa shape index (κ1) is 20.4. The molecule has 2 aromatic carbocycles. The number of aromatic nitrogens is 1. The molecule has 0 aliphatic carbocycles. The number of rotatable bonds is 7.